The zero-order valence-corrected chi connectivity index (χ0v) is 15.1. The van der Waals surface area contributed by atoms with Crippen LogP contribution in [0.2, 0.25) is 5.02 Å². The molecule has 0 radical (unpaired) electrons. The topological polar surface area (TPSA) is 84.3 Å². The Balaban J connectivity index is 2.05. The van der Waals surface area contributed by atoms with Gasteiger partial charge in [-0.15, -0.1) is 0 Å². The molecule has 0 aliphatic carbocycles. The van der Waals surface area contributed by atoms with Crippen molar-refractivity contribution in [2.24, 2.45) is 5.92 Å². The molecule has 0 spiro atoms. The highest BCUT2D eigenvalue weighted by Crippen LogP contribution is 2.27. The second kappa shape index (κ2) is 8.73. The van der Waals surface area contributed by atoms with Crippen LogP contribution in [0.1, 0.15) is 25.5 Å². The smallest absolute Gasteiger partial charge is 0.294 e. The minimum atomic E-state index is -0.607. The summed E-state index contributed by atoms with van der Waals surface area (Å²) in [4.78, 5) is 22.7. The van der Waals surface area contributed by atoms with E-state index in [0.29, 0.717) is 0 Å². The predicted octanol–water partition coefficient (Wildman–Crippen LogP) is 4.31. The van der Waals surface area contributed by atoms with Crippen molar-refractivity contribution in [2.45, 2.75) is 19.9 Å². The molecule has 0 unspecified atom stereocenters. The molecule has 0 heterocycles. The van der Waals surface area contributed by atoms with Crippen molar-refractivity contribution >= 4 is 28.9 Å². The molecule has 0 saturated heterocycles. The number of nitrogens with zero attached hydrogens (tertiary/aromatic N) is 1. The molecule has 138 valence electrons. The van der Waals surface area contributed by atoms with Crippen molar-refractivity contribution in [1.29, 1.82) is 0 Å². The van der Waals surface area contributed by atoms with E-state index in [1.54, 1.807) is 12.1 Å². The highest BCUT2D eigenvalue weighted by atomic mass is 35.5. The van der Waals surface area contributed by atoms with Crippen LogP contribution in [-0.4, -0.2) is 17.4 Å². The first kappa shape index (κ1) is 19.8. The minimum absolute atomic E-state index is 0.0556. The Morgan fingerprint density at radius 1 is 1.23 bits per heavy atom. The largest absolute Gasteiger partial charge is 0.319 e. The number of carbonyl (C=O) groups is 1. The van der Waals surface area contributed by atoms with Crippen LogP contribution in [-0.2, 0) is 4.79 Å². The van der Waals surface area contributed by atoms with Crippen LogP contribution in [0.25, 0.3) is 0 Å². The molecule has 0 saturated carbocycles. The second-order valence-electron chi connectivity index (χ2n) is 6.12. The van der Waals surface area contributed by atoms with E-state index in [2.05, 4.69) is 10.6 Å². The van der Waals surface area contributed by atoms with E-state index in [1.807, 2.05) is 13.8 Å². The summed E-state index contributed by atoms with van der Waals surface area (Å²) < 4.78 is 13.1. The van der Waals surface area contributed by atoms with Crippen LogP contribution in [0.5, 0.6) is 0 Å². The van der Waals surface area contributed by atoms with Crippen LogP contribution in [0.15, 0.2) is 42.5 Å². The number of anilines is 1. The molecule has 0 aromatic heterocycles. The van der Waals surface area contributed by atoms with Crippen molar-refractivity contribution in [3.05, 3.63) is 69.0 Å². The summed E-state index contributed by atoms with van der Waals surface area (Å²) in [7, 11) is 0. The average molecular weight is 380 g/mol. The minimum Gasteiger partial charge on any atom is -0.319 e. The first-order valence-corrected chi connectivity index (χ1v) is 8.38. The molecule has 2 aromatic rings. The normalized spacial score (nSPS) is 12.0. The van der Waals surface area contributed by atoms with E-state index < -0.39 is 10.8 Å². The van der Waals surface area contributed by atoms with Gasteiger partial charge in [0.25, 0.3) is 5.69 Å². The maximum Gasteiger partial charge on any atom is 0.294 e. The van der Waals surface area contributed by atoms with E-state index in [9.17, 15) is 19.3 Å². The zero-order valence-electron chi connectivity index (χ0n) is 14.3. The number of rotatable bonds is 7. The molecule has 2 rings (SSSR count). The lowest BCUT2D eigenvalue weighted by Crippen LogP contribution is -2.33. The van der Waals surface area contributed by atoms with Gasteiger partial charge in [0.15, 0.2) is 0 Å². The van der Waals surface area contributed by atoms with E-state index in [4.69, 9.17) is 11.6 Å². The lowest BCUT2D eigenvalue weighted by Gasteiger charge is -2.22. The number of carbonyl (C=O) groups excluding carboxylic acids is 1. The van der Waals surface area contributed by atoms with Crippen molar-refractivity contribution in [3.63, 3.8) is 0 Å². The number of nitro groups is 1. The number of halogens is 2. The quantitative estimate of drug-likeness (QED) is 0.554. The maximum atomic E-state index is 13.1. The van der Waals surface area contributed by atoms with E-state index in [-0.39, 0.29) is 40.7 Å². The number of benzene rings is 2. The standard InChI is InChI=1S/C18H19ClFN3O3/c1-11(2)18(12-3-6-14(20)7-4-12)21-10-17(24)22-15-8-5-13(19)9-16(15)23(25)26/h3-9,11,18,21H,10H2,1-2H3,(H,22,24)/t18-/m1/s1. The highest BCUT2D eigenvalue weighted by Gasteiger charge is 2.19. The van der Waals surface area contributed by atoms with Gasteiger partial charge in [-0.05, 0) is 35.7 Å². The van der Waals surface area contributed by atoms with Crippen molar-refractivity contribution in [1.82, 2.24) is 5.32 Å². The predicted molar refractivity (Wildman–Crippen MR) is 98.7 cm³/mol. The number of amides is 1. The molecule has 1 amide bonds. The fourth-order valence-corrected chi connectivity index (χ4v) is 2.73. The van der Waals surface area contributed by atoms with Crippen LogP contribution in [0, 0.1) is 21.8 Å². The first-order chi connectivity index (χ1) is 12.3. The van der Waals surface area contributed by atoms with Crippen LogP contribution >= 0.6 is 11.6 Å². The molecular weight excluding hydrogens is 361 g/mol. The van der Waals surface area contributed by atoms with Crippen molar-refractivity contribution in [3.8, 4) is 0 Å². The van der Waals surface area contributed by atoms with Gasteiger partial charge in [-0.25, -0.2) is 4.39 Å². The van der Waals surface area contributed by atoms with Gasteiger partial charge in [0.1, 0.15) is 11.5 Å². The molecule has 2 aromatic carbocycles. The number of hydrogen-bond acceptors (Lipinski definition) is 4. The number of nitrogens with one attached hydrogen (secondary N) is 2. The Labute approximate surface area is 155 Å². The Kier molecular flexibility index (Phi) is 6.65. The van der Waals surface area contributed by atoms with Crippen molar-refractivity contribution < 1.29 is 14.1 Å². The molecule has 0 bridgehead atoms. The van der Waals surface area contributed by atoms with Crippen molar-refractivity contribution in [2.75, 3.05) is 11.9 Å². The van der Waals surface area contributed by atoms with Gasteiger partial charge in [0.2, 0.25) is 5.91 Å². The summed E-state index contributed by atoms with van der Waals surface area (Å²) in [6.07, 6.45) is 0. The fraction of sp³-hybridized carbons (Fsp3) is 0.278. The van der Waals surface area contributed by atoms with Gasteiger partial charge in [0, 0.05) is 17.1 Å². The maximum absolute atomic E-state index is 13.1. The van der Waals surface area contributed by atoms with Crippen LogP contribution in [0.4, 0.5) is 15.8 Å². The van der Waals surface area contributed by atoms with Gasteiger partial charge < -0.3 is 10.6 Å². The number of hydrogen-bond donors (Lipinski definition) is 2. The first-order valence-electron chi connectivity index (χ1n) is 8.00. The van der Waals surface area contributed by atoms with E-state index >= 15 is 0 Å². The third kappa shape index (κ3) is 5.24. The molecule has 2 N–H and O–H groups in total. The summed E-state index contributed by atoms with van der Waals surface area (Å²) in [6, 6.07) is 9.92. The van der Waals surface area contributed by atoms with Crippen LogP contribution < -0.4 is 10.6 Å². The third-order valence-corrected chi connectivity index (χ3v) is 4.04. The monoisotopic (exact) mass is 379 g/mol. The van der Waals surface area contributed by atoms with E-state index in [0.717, 1.165) is 5.56 Å². The van der Waals surface area contributed by atoms with Gasteiger partial charge in [-0.3, -0.25) is 14.9 Å². The van der Waals surface area contributed by atoms with Gasteiger partial charge >= 0.3 is 0 Å². The van der Waals surface area contributed by atoms with E-state index in [1.165, 1.54) is 30.3 Å². The lowest BCUT2D eigenvalue weighted by molar-refractivity contribution is -0.383. The molecule has 0 fully saturated rings. The third-order valence-electron chi connectivity index (χ3n) is 3.81. The Morgan fingerprint density at radius 3 is 2.46 bits per heavy atom. The molecule has 6 nitrogen and oxygen atoms in total. The molecule has 8 heteroatoms. The Hall–Kier alpha value is -2.51. The molecule has 0 aliphatic rings. The van der Waals surface area contributed by atoms with Gasteiger partial charge in [-0.2, -0.15) is 0 Å². The molecule has 1 atom stereocenters. The molecule has 0 aliphatic heterocycles. The zero-order chi connectivity index (χ0) is 19.3. The summed E-state index contributed by atoms with van der Waals surface area (Å²) in [5, 5.41) is 16.9. The Morgan fingerprint density at radius 2 is 1.88 bits per heavy atom. The van der Waals surface area contributed by atoms with Crippen LogP contribution in [0.3, 0.4) is 0 Å². The molecule has 26 heavy (non-hydrogen) atoms. The van der Waals surface area contributed by atoms with Gasteiger partial charge in [0.05, 0.1) is 11.5 Å². The Bertz CT molecular complexity index is 797. The molecular formula is C18H19ClFN3O3. The summed E-state index contributed by atoms with van der Waals surface area (Å²) in [6.45, 7) is 3.89. The fourth-order valence-electron chi connectivity index (χ4n) is 2.57. The second-order valence-corrected chi connectivity index (χ2v) is 6.56. The average Bonchev–Trinajstić information content (AvgIpc) is 2.57. The highest BCUT2D eigenvalue weighted by molar-refractivity contribution is 6.31. The lowest BCUT2D eigenvalue weighted by atomic mass is 9.96. The summed E-state index contributed by atoms with van der Waals surface area (Å²) >= 11 is 5.76. The summed E-state index contributed by atoms with van der Waals surface area (Å²) in [5.41, 5.74) is 0.658. The summed E-state index contributed by atoms with van der Waals surface area (Å²) in [5.74, 6) is -0.606. The van der Waals surface area contributed by atoms with Gasteiger partial charge in [-0.1, -0.05) is 37.6 Å². The SMILES string of the molecule is CC(C)[C@@H](NCC(=O)Nc1ccc(Cl)cc1[N+](=O)[O-])c1ccc(F)cc1. The number of nitro benzene ring substituents is 1.